The van der Waals surface area contributed by atoms with Crippen molar-refractivity contribution in [3.63, 3.8) is 0 Å². The quantitative estimate of drug-likeness (QED) is 0.895. The molecule has 6 heteroatoms. The summed E-state index contributed by atoms with van der Waals surface area (Å²) in [4.78, 5) is 11.1. The van der Waals surface area contributed by atoms with E-state index in [0.29, 0.717) is 5.69 Å². The molecule has 0 bridgehead atoms. The van der Waals surface area contributed by atoms with Crippen LogP contribution in [0.2, 0.25) is 0 Å². The summed E-state index contributed by atoms with van der Waals surface area (Å²) in [5, 5.41) is 2.61. The SMILES string of the molecule is CC(=O)Nc1ccc(S(=O)(=O)NC2CCCCC2)cc1. The first kappa shape index (κ1) is 15.0. The van der Waals surface area contributed by atoms with Crippen LogP contribution in [0.1, 0.15) is 39.0 Å². The maximum atomic E-state index is 12.2. The summed E-state index contributed by atoms with van der Waals surface area (Å²) in [5.41, 5.74) is 0.592. The highest BCUT2D eigenvalue weighted by atomic mass is 32.2. The summed E-state index contributed by atoms with van der Waals surface area (Å²) in [6.45, 7) is 1.41. The number of nitrogens with one attached hydrogen (secondary N) is 2. The van der Waals surface area contributed by atoms with Crippen LogP contribution in [0.25, 0.3) is 0 Å². The van der Waals surface area contributed by atoms with Crippen LogP contribution in [0.3, 0.4) is 0 Å². The van der Waals surface area contributed by atoms with E-state index < -0.39 is 10.0 Å². The fourth-order valence-corrected chi connectivity index (χ4v) is 3.73. The normalized spacial score (nSPS) is 16.9. The van der Waals surface area contributed by atoms with Crippen molar-refractivity contribution in [2.75, 3.05) is 5.32 Å². The highest BCUT2D eigenvalue weighted by Gasteiger charge is 2.21. The summed E-state index contributed by atoms with van der Waals surface area (Å²) < 4.78 is 27.2. The summed E-state index contributed by atoms with van der Waals surface area (Å²) in [5.74, 6) is -0.180. The maximum Gasteiger partial charge on any atom is 0.240 e. The smallest absolute Gasteiger partial charge is 0.240 e. The minimum Gasteiger partial charge on any atom is -0.326 e. The Bertz CT molecular complexity index is 561. The number of rotatable bonds is 4. The lowest BCUT2D eigenvalue weighted by Crippen LogP contribution is -2.36. The Kier molecular flexibility index (Phi) is 4.77. The molecule has 0 heterocycles. The highest BCUT2D eigenvalue weighted by Crippen LogP contribution is 2.20. The molecule has 0 spiro atoms. The number of anilines is 1. The first-order chi connectivity index (χ1) is 9.47. The van der Waals surface area contributed by atoms with E-state index in [-0.39, 0.29) is 16.8 Å². The zero-order chi connectivity index (χ0) is 14.6. The molecule has 1 fully saturated rings. The molecule has 2 rings (SSSR count). The Morgan fingerprint density at radius 3 is 2.25 bits per heavy atom. The van der Waals surface area contributed by atoms with Crippen LogP contribution >= 0.6 is 0 Å². The fourth-order valence-electron chi connectivity index (χ4n) is 2.43. The van der Waals surface area contributed by atoms with Gasteiger partial charge in [-0.1, -0.05) is 19.3 Å². The van der Waals surface area contributed by atoms with E-state index in [1.165, 1.54) is 25.5 Å². The molecule has 1 aliphatic rings. The van der Waals surface area contributed by atoms with Gasteiger partial charge in [-0.05, 0) is 37.1 Å². The second-order valence-electron chi connectivity index (χ2n) is 5.16. The first-order valence-corrected chi connectivity index (χ1v) is 8.36. The maximum absolute atomic E-state index is 12.2. The number of carbonyl (C=O) groups is 1. The van der Waals surface area contributed by atoms with E-state index in [4.69, 9.17) is 0 Å². The zero-order valence-corrected chi connectivity index (χ0v) is 12.4. The van der Waals surface area contributed by atoms with Crippen molar-refractivity contribution in [3.8, 4) is 0 Å². The number of carbonyl (C=O) groups excluding carboxylic acids is 1. The van der Waals surface area contributed by atoms with Gasteiger partial charge in [0.25, 0.3) is 0 Å². The number of amides is 1. The molecule has 1 amide bonds. The van der Waals surface area contributed by atoms with Gasteiger partial charge >= 0.3 is 0 Å². The zero-order valence-electron chi connectivity index (χ0n) is 11.6. The minimum absolute atomic E-state index is 0.0452. The molecule has 0 saturated heterocycles. The molecule has 110 valence electrons. The van der Waals surface area contributed by atoms with Gasteiger partial charge in [-0.3, -0.25) is 4.79 Å². The molecular weight excluding hydrogens is 276 g/mol. The van der Waals surface area contributed by atoms with Gasteiger partial charge in [0.05, 0.1) is 4.90 Å². The van der Waals surface area contributed by atoms with Crippen LogP contribution in [-0.4, -0.2) is 20.4 Å². The topological polar surface area (TPSA) is 75.3 Å². The third-order valence-corrected chi connectivity index (χ3v) is 4.95. The minimum atomic E-state index is -3.47. The first-order valence-electron chi connectivity index (χ1n) is 6.87. The van der Waals surface area contributed by atoms with E-state index >= 15 is 0 Å². The molecule has 1 aliphatic carbocycles. The Hall–Kier alpha value is -1.40. The molecule has 5 nitrogen and oxygen atoms in total. The van der Waals surface area contributed by atoms with Crippen molar-refractivity contribution in [1.82, 2.24) is 4.72 Å². The molecule has 1 aromatic rings. The average Bonchev–Trinajstić information content (AvgIpc) is 2.39. The summed E-state index contributed by atoms with van der Waals surface area (Å²) >= 11 is 0. The lowest BCUT2D eigenvalue weighted by molar-refractivity contribution is -0.114. The summed E-state index contributed by atoms with van der Waals surface area (Å²) in [6.07, 6.45) is 5.15. The van der Waals surface area contributed by atoms with Gasteiger partial charge in [0, 0.05) is 18.7 Å². The second kappa shape index (κ2) is 6.37. The van der Waals surface area contributed by atoms with Crippen molar-refractivity contribution in [3.05, 3.63) is 24.3 Å². The van der Waals surface area contributed by atoms with Crippen LogP contribution in [0.5, 0.6) is 0 Å². The lowest BCUT2D eigenvalue weighted by Gasteiger charge is -2.22. The van der Waals surface area contributed by atoms with Gasteiger partial charge in [0.15, 0.2) is 0 Å². The van der Waals surface area contributed by atoms with Gasteiger partial charge in [0.2, 0.25) is 15.9 Å². The number of sulfonamides is 1. The van der Waals surface area contributed by atoms with Crippen molar-refractivity contribution < 1.29 is 13.2 Å². The predicted molar refractivity (Wildman–Crippen MR) is 77.9 cm³/mol. The van der Waals surface area contributed by atoms with Crippen LogP contribution in [0, 0.1) is 0 Å². The van der Waals surface area contributed by atoms with Crippen molar-refractivity contribution in [2.24, 2.45) is 0 Å². The van der Waals surface area contributed by atoms with Gasteiger partial charge < -0.3 is 5.32 Å². The fraction of sp³-hybridized carbons (Fsp3) is 0.500. The van der Waals surface area contributed by atoms with Gasteiger partial charge in [-0.2, -0.15) is 0 Å². The highest BCUT2D eigenvalue weighted by molar-refractivity contribution is 7.89. The predicted octanol–water partition coefficient (Wildman–Crippen LogP) is 2.26. The number of benzene rings is 1. The van der Waals surface area contributed by atoms with Gasteiger partial charge in [-0.15, -0.1) is 0 Å². The molecule has 0 radical (unpaired) electrons. The molecule has 1 saturated carbocycles. The van der Waals surface area contributed by atoms with E-state index in [2.05, 4.69) is 10.0 Å². The Balaban J connectivity index is 2.06. The Morgan fingerprint density at radius 1 is 1.10 bits per heavy atom. The van der Waals surface area contributed by atoms with Crippen LogP contribution in [-0.2, 0) is 14.8 Å². The van der Waals surface area contributed by atoms with Crippen molar-refractivity contribution in [2.45, 2.75) is 50.0 Å². The van der Waals surface area contributed by atoms with Gasteiger partial charge in [-0.25, -0.2) is 13.1 Å². The largest absolute Gasteiger partial charge is 0.326 e. The van der Waals surface area contributed by atoms with E-state index in [0.717, 1.165) is 25.7 Å². The average molecular weight is 296 g/mol. The summed E-state index contributed by atoms with van der Waals surface area (Å²) in [7, 11) is -3.47. The monoisotopic (exact) mass is 296 g/mol. The van der Waals surface area contributed by atoms with Crippen LogP contribution < -0.4 is 10.0 Å². The molecule has 0 atom stereocenters. The molecule has 20 heavy (non-hydrogen) atoms. The third-order valence-electron chi connectivity index (χ3n) is 3.41. The third kappa shape index (κ3) is 4.05. The molecular formula is C14H20N2O3S. The standard InChI is InChI=1S/C14H20N2O3S/c1-11(17)15-12-7-9-14(10-8-12)20(18,19)16-13-5-3-2-4-6-13/h7-10,13,16H,2-6H2,1H3,(H,15,17). The Labute approximate surface area is 119 Å². The van der Waals surface area contributed by atoms with Crippen molar-refractivity contribution >= 4 is 21.6 Å². The van der Waals surface area contributed by atoms with Crippen LogP contribution in [0.4, 0.5) is 5.69 Å². The van der Waals surface area contributed by atoms with E-state index in [9.17, 15) is 13.2 Å². The molecule has 1 aromatic carbocycles. The van der Waals surface area contributed by atoms with Crippen molar-refractivity contribution in [1.29, 1.82) is 0 Å². The Morgan fingerprint density at radius 2 is 1.70 bits per heavy atom. The van der Waals surface area contributed by atoms with Gasteiger partial charge in [0.1, 0.15) is 0 Å². The molecule has 2 N–H and O–H groups in total. The molecule has 0 unspecified atom stereocenters. The molecule has 0 aliphatic heterocycles. The van der Waals surface area contributed by atoms with E-state index in [1.54, 1.807) is 12.1 Å². The van der Waals surface area contributed by atoms with E-state index in [1.807, 2.05) is 0 Å². The second-order valence-corrected chi connectivity index (χ2v) is 6.88. The lowest BCUT2D eigenvalue weighted by atomic mass is 9.96. The number of hydrogen-bond acceptors (Lipinski definition) is 3. The molecule has 0 aromatic heterocycles. The number of hydrogen-bond donors (Lipinski definition) is 2. The van der Waals surface area contributed by atoms with Crippen LogP contribution in [0.15, 0.2) is 29.2 Å². The summed E-state index contributed by atoms with van der Waals surface area (Å²) in [6, 6.07) is 6.25.